The quantitative estimate of drug-likeness (QED) is 0.829. The van der Waals surface area contributed by atoms with Gasteiger partial charge >= 0.3 is 0 Å². The predicted molar refractivity (Wildman–Crippen MR) is 74.1 cm³/mol. The first-order valence-corrected chi connectivity index (χ1v) is 6.48. The Bertz CT molecular complexity index is 694. The zero-order valence-electron chi connectivity index (χ0n) is 9.79. The number of halogens is 4. The molecule has 2 rings (SSSR count). The summed E-state index contributed by atoms with van der Waals surface area (Å²) in [6.45, 7) is 0. The van der Waals surface area contributed by atoms with Gasteiger partial charge < -0.3 is 10.5 Å². The van der Waals surface area contributed by atoms with Crippen molar-refractivity contribution >= 4 is 33.4 Å². The molecule has 0 unspecified atom stereocenters. The van der Waals surface area contributed by atoms with Crippen molar-refractivity contribution in [3.8, 4) is 11.5 Å². The molecule has 2 aromatic carbocycles. The fourth-order valence-electron chi connectivity index (χ4n) is 1.55. The zero-order valence-corrected chi connectivity index (χ0v) is 12.1. The lowest BCUT2D eigenvalue weighted by atomic mass is 10.2. The molecule has 0 aromatic heterocycles. The van der Waals surface area contributed by atoms with Crippen LogP contribution in [-0.2, 0) is 0 Å². The molecule has 0 aliphatic heterocycles. The lowest BCUT2D eigenvalue weighted by molar-refractivity contribution is 0.0998. The number of primary amides is 1. The van der Waals surface area contributed by atoms with Gasteiger partial charge in [0.1, 0.15) is 11.3 Å². The molecular formula is C13H7BrClF2NO2. The number of amides is 1. The first-order chi connectivity index (χ1) is 9.40. The topological polar surface area (TPSA) is 52.3 Å². The van der Waals surface area contributed by atoms with Crippen LogP contribution in [0.15, 0.2) is 34.8 Å². The number of nitrogens with two attached hydrogens (primary N) is 1. The van der Waals surface area contributed by atoms with Crippen molar-refractivity contribution in [3.05, 3.63) is 57.0 Å². The van der Waals surface area contributed by atoms with Gasteiger partial charge in [-0.3, -0.25) is 4.79 Å². The molecule has 2 aromatic rings. The van der Waals surface area contributed by atoms with Crippen molar-refractivity contribution in [2.75, 3.05) is 0 Å². The molecule has 0 saturated carbocycles. The zero-order chi connectivity index (χ0) is 14.9. The molecule has 104 valence electrons. The van der Waals surface area contributed by atoms with E-state index in [-0.39, 0.29) is 26.6 Å². The third-order valence-electron chi connectivity index (χ3n) is 2.40. The van der Waals surface area contributed by atoms with Crippen molar-refractivity contribution in [1.29, 1.82) is 0 Å². The van der Waals surface area contributed by atoms with Crippen LogP contribution < -0.4 is 10.5 Å². The van der Waals surface area contributed by atoms with E-state index in [1.54, 1.807) is 0 Å². The summed E-state index contributed by atoms with van der Waals surface area (Å²) in [5.41, 5.74) is 5.08. The number of carbonyl (C=O) groups excluding carboxylic acids is 1. The van der Waals surface area contributed by atoms with E-state index in [4.69, 9.17) is 22.1 Å². The highest BCUT2D eigenvalue weighted by molar-refractivity contribution is 9.10. The Labute approximate surface area is 126 Å². The highest BCUT2D eigenvalue weighted by Gasteiger charge is 2.18. The van der Waals surface area contributed by atoms with Crippen LogP contribution in [0.25, 0.3) is 0 Å². The average Bonchev–Trinajstić information content (AvgIpc) is 2.35. The molecule has 0 heterocycles. The number of carbonyl (C=O) groups is 1. The Kier molecular flexibility index (Phi) is 4.25. The van der Waals surface area contributed by atoms with Crippen molar-refractivity contribution < 1.29 is 18.3 Å². The summed E-state index contributed by atoms with van der Waals surface area (Å²) in [7, 11) is 0. The number of rotatable bonds is 3. The van der Waals surface area contributed by atoms with Crippen LogP contribution in [0.2, 0.25) is 5.02 Å². The van der Waals surface area contributed by atoms with Gasteiger partial charge in [-0.1, -0.05) is 33.6 Å². The van der Waals surface area contributed by atoms with Gasteiger partial charge in [-0.05, 0) is 24.3 Å². The molecular weight excluding hydrogens is 356 g/mol. The average molecular weight is 363 g/mol. The summed E-state index contributed by atoms with van der Waals surface area (Å²) in [6.07, 6.45) is 0. The molecule has 2 N–H and O–H groups in total. The summed E-state index contributed by atoms with van der Waals surface area (Å²) in [4.78, 5) is 11.3. The van der Waals surface area contributed by atoms with Crippen molar-refractivity contribution in [3.63, 3.8) is 0 Å². The monoisotopic (exact) mass is 361 g/mol. The first-order valence-electron chi connectivity index (χ1n) is 5.31. The summed E-state index contributed by atoms with van der Waals surface area (Å²) in [6, 6.07) is 6.49. The van der Waals surface area contributed by atoms with Gasteiger partial charge in [0.05, 0.1) is 5.02 Å². The van der Waals surface area contributed by atoms with Crippen LogP contribution in [0.1, 0.15) is 10.4 Å². The molecule has 0 atom stereocenters. The maximum Gasteiger partial charge on any atom is 0.254 e. The Morgan fingerprint density at radius 2 is 1.95 bits per heavy atom. The van der Waals surface area contributed by atoms with E-state index in [0.29, 0.717) is 0 Å². The maximum absolute atomic E-state index is 13.6. The number of hydrogen-bond donors (Lipinski definition) is 1. The Balaban J connectivity index is 2.51. The van der Waals surface area contributed by atoms with E-state index in [1.807, 2.05) is 0 Å². The van der Waals surface area contributed by atoms with Gasteiger partial charge in [0, 0.05) is 4.47 Å². The normalized spacial score (nSPS) is 10.4. The second-order valence-electron chi connectivity index (χ2n) is 3.78. The van der Waals surface area contributed by atoms with Crippen molar-refractivity contribution in [2.24, 2.45) is 5.73 Å². The predicted octanol–water partition coefficient (Wildman–Crippen LogP) is 4.27. The molecule has 0 bridgehead atoms. The van der Waals surface area contributed by atoms with E-state index in [2.05, 4.69) is 15.9 Å². The Morgan fingerprint density at radius 3 is 2.60 bits per heavy atom. The largest absolute Gasteiger partial charge is 0.453 e. The Morgan fingerprint density at radius 1 is 1.25 bits per heavy atom. The van der Waals surface area contributed by atoms with Gasteiger partial charge in [0.2, 0.25) is 5.82 Å². The summed E-state index contributed by atoms with van der Waals surface area (Å²) < 4.78 is 32.4. The second-order valence-corrected chi connectivity index (χ2v) is 5.10. The lowest BCUT2D eigenvalue weighted by Crippen LogP contribution is -2.13. The lowest BCUT2D eigenvalue weighted by Gasteiger charge is -2.11. The van der Waals surface area contributed by atoms with Gasteiger partial charge in [0.15, 0.2) is 11.6 Å². The molecule has 0 fully saturated rings. The molecule has 0 aliphatic carbocycles. The highest BCUT2D eigenvalue weighted by atomic mass is 79.9. The minimum absolute atomic E-state index is 0.0543. The SMILES string of the molecule is NC(=O)c1c(Cl)cccc1Oc1cc(Br)cc(F)c1F. The van der Waals surface area contributed by atoms with Crippen molar-refractivity contribution in [1.82, 2.24) is 0 Å². The minimum atomic E-state index is -1.18. The van der Waals surface area contributed by atoms with Crippen LogP contribution in [0, 0.1) is 11.6 Å². The molecule has 7 heteroatoms. The van der Waals surface area contributed by atoms with Crippen molar-refractivity contribution in [2.45, 2.75) is 0 Å². The molecule has 0 radical (unpaired) electrons. The van der Waals surface area contributed by atoms with E-state index in [1.165, 1.54) is 24.3 Å². The molecule has 1 amide bonds. The molecule has 0 saturated heterocycles. The van der Waals surface area contributed by atoms with Crippen LogP contribution in [0.5, 0.6) is 11.5 Å². The number of benzene rings is 2. The van der Waals surface area contributed by atoms with Gasteiger partial charge in [-0.2, -0.15) is 4.39 Å². The highest BCUT2D eigenvalue weighted by Crippen LogP contribution is 2.33. The molecule has 3 nitrogen and oxygen atoms in total. The maximum atomic E-state index is 13.6. The minimum Gasteiger partial charge on any atom is -0.453 e. The van der Waals surface area contributed by atoms with Gasteiger partial charge in [0.25, 0.3) is 5.91 Å². The molecule has 0 spiro atoms. The van der Waals surface area contributed by atoms with E-state index < -0.39 is 17.5 Å². The summed E-state index contributed by atoms with van der Waals surface area (Å²) in [5, 5.41) is 0.0610. The third kappa shape index (κ3) is 2.91. The fourth-order valence-corrected chi connectivity index (χ4v) is 2.22. The van der Waals surface area contributed by atoms with Crippen LogP contribution >= 0.6 is 27.5 Å². The van der Waals surface area contributed by atoms with Crippen LogP contribution in [0.4, 0.5) is 8.78 Å². The number of ether oxygens (including phenoxy) is 1. The van der Waals surface area contributed by atoms with E-state index in [0.717, 1.165) is 6.07 Å². The number of hydrogen-bond acceptors (Lipinski definition) is 2. The standard InChI is InChI=1S/C13H7BrClF2NO2/c14-6-4-8(16)12(17)10(5-6)20-9-3-1-2-7(15)11(9)13(18)19/h1-5H,(H2,18,19). The van der Waals surface area contributed by atoms with Crippen LogP contribution in [-0.4, -0.2) is 5.91 Å². The van der Waals surface area contributed by atoms with E-state index in [9.17, 15) is 13.6 Å². The first kappa shape index (κ1) is 14.7. The third-order valence-corrected chi connectivity index (χ3v) is 3.17. The summed E-state index contributed by atoms with van der Waals surface area (Å²) >= 11 is 8.85. The molecule has 20 heavy (non-hydrogen) atoms. The Hall–Kier alpha value is -1.66. The van der Waals surface area contributed by atoms with Crippen LogP contribution in [0.3, 0.4) is 0 Å². The van der Waals surface area contributed by atoms with E-state index >= 15 is 0 Å². The smallest absolute Gasteiger partial charge is 0.254 e. The summed E-state index contributed by atoms with van der Waals surface area (Å²) in [5.74, 6) is -3.54. The molecule has 0 aliphatic rings. The second kappa shape index (κ2) is 5.76. The fraction of sp³-hybridized carbons (Fsp3) is 0. The van der Waals surface area contributed by atoms with Gasteiger partial charge in [-0.25, -0.2) is 4.39 Å². The van der Waals surface area contributed by atoms with Gasteiger partial charge in [-0.15, -0.1) is 0 Å².